The van der Waals surface area contributed by atoms with Crippen LogP contribution in [0.2, 0.25) is 0 Å². The minimum atomic E-state index is -0.705. The summed E-state index contributed by atoms with van der Waals surface area (Å²) >= 11 is 0. The fraction of sp³-hybridized carbons (Fsp3) is 0.267. The normalized spacial score (nSPS) is 16.9. The van der Waals surface area contributed by atoms with Gasteiger partial charge >= 0.3 is 6.03 Å². The number of rotatable bonds is 9. The van der Waals surface area contributed by atoms with Gasteiger partial charge in [-0.15, -0.1) is 0 Å². The van der Waals surface area contributed by atoms with Crippen LogP contribution >= 0.6 is 0 Å². The molecule has 2 aromatic carbocycles. The van der Waals surface area contributed by atoms with Crippen molar-refractivity contribution in [2.75, 3.05) is 38.7 Å². The Hall–Kier alpha value is -4.58. The van der Waals surface area contributed by atoms with Gasteiger partial charge in [0.05, 0.1) is 24.0 Å². The van der Waals surface area contributed by atoms with Gasteiger partial charge in [-0.3, -0.25) is 25.2 Å². The molecule has 3 amide bonds. The maximum absolute atomic E-state index is 13.5. The number of aromatic nitrogens is 3. The molecule has 0 radical (unpaired) electrons. The topological polar surface area (TPSA) is 134 Å². The monoisotopic (exact) mass is 555 g/mol. The molecule has 11 heteroatoms. The van der Waals surface area contributed by atoms with Crippen LogP contribution in [0.5, 0.6) is 0 Å². The Labute approximate surface area is 238 Å². The molecular weight excluding hydrogens is 522 g/mol. The maximum Gasteiger partial charge on any atom is 0.320 e. The number of methoxy groups -OCH3 is 1. The second-order valence-corrected chi connectivity index (χ2v) is 9.92. The SMILES string of the molecule is COCCN1CC(c2ccccc2)[C@H](NC(=O)Nc2c(C)c(-c3ccc(C(=O)NO)nc3)nn2-c2ccccc2)C1. The molecule has 1 saturated heterocycles. The van der Waals surface area contributed by atoms with Crippen LogP contribution in [0.4, 0.5) is 10.6 Å². The molecule has 1 fully saturated rings. The molecule has 0 spiro atoms. The summed E-state index contributed by atoms with van der Waals surface area (Å²) in [6.07, 6.45) is 1.51. The van der Waals surface area contributed by atoms with Gasteiger partial charge in [0.15, 0.2) is 0 Å². The fourth-order valence-corrected chi connectivity index (χ4v) is 5.18. The van der Waals surface area contributed by atoms with E-state index < -0.39 is 5.91 Å². The van der Waals surface area contributed by atoms with Gasteiger partial charge in [0.1, 0.15) is 11.5 Å². The molecule has 41 heavy (non-hydrogen) atoms. The number of hydrogen-bond acceptors (Lipinski definition) is 7. The Kier molecular flexibility index (Phi) is 8.68. The highest BCUT2D eigenvalue weighted by Gasteiger charge is 2.35. The molecule has 5 rings (SSSR count). The lowest BCUT2D eigenvalue weighted by Crippen LogP contribution is -2.42. The van der Waals surface area contributed by atoms with Crippen molar-refractivity contribution in [1.82, 2.24) is 30.5 Å². The van der Waals surface area contributed by atoms with Gasteiger partial charge in [-0.2, -0.15) is 5.10 Å². The summed E-state index contributed by atoms with van der Waals surface area (Å²) in [6, 6.07) is 22.5. The molecule has 1 aliphatic heterocycles. The van der Waals surface area contributed by atoms with E-state index in [-0.39, 0.29) is 23.7 Å². The first kappa shape index (κ1) is 28.0. The first-order valence-corrected chi connectivity index (χ1v) is 13.4. The van der Waals surface area contributed by atoms with E-state index in [2.05, 4.69) is 32.7 Å². The van der Waals surface area contributed by atoms with Crippen molar-refractivity contribution in [3.8, 4) is 16.9 Å². The summed E-state index contributed by atoms with van der Waals surface area (Å²) < 4.78 is 6.97. The van der Waals surface area contributed by atoms with E-state index in [1.807, 2.05) is 55.5 Å². The van der Waals surface area contributed by atoms with Crippen molar-refractivity contribution >= 4 is 17.8 Å². The van der Waals surface area contributed by atoms with E-state index in [1.165, 1.54) is 17.8 Å². The molecule has 1 aliphatic rings. The van der Waals surface area contributed by atoms with Gasteiger partial charge in [-0.25, -0.2) is 15.0 Å². The molecule has 212 valence electrons. The summed E-state index contributed by atoms with van der Waals surface area (Å²) in [5.41, 5.74) is 5.59. The number of nitrogens with one attached hydrogen (secondary N) is 3. The summed E-state index contributed by atoms with van der Waals surface area (Å²) in [7, 11) is 1.69. The number of anilines is 1. The van der Waals surface area contributed by atoms with Crippen LogP contribution in [0, 0.1) is 6.92 Å². The Morgan fingerprint density at radius 3 is 2.41 bits per heavy atom. The standard InChI is InChI=1S/C30H33N7O4/c1-20-27(22-13-14-25(31-17-22)29(38)35-40)34-37(23-11-7-4-8-12-23)28(20)33-30(39)32-26-19-36(15-16-41-2)18-24(26)21-9-5-3-6-10-21/h3-14,17,24,26,40H,15-16,18-19H2,1-2H3,(H,35,38)(H2,32,33,39)/t24?,26-/m1/s1. The first-order chi connectivity index (χ1) is 20.0. The van der Waals surface area contributed by atoms with Crippen LogP contribution in [0.1, 0.15) is 27.5 Å². The van der Waals surface area contributed by atoms with E-state index >= 15 is 0 Å². The minimum Gasteiger partial charge on any atom is -0.383 e. The molecule has 2 atom stereocenters. The number of benzene rings is 2. The number of urea groups is 1. The van der Waals surface area contributed by atoms with Crippen LogP contribution in [-0.4, -0.2) is 76.2 Å². The lowest BCUT2D eigenvalue weighted by atomic mass is 9.94. The van der Waals surface area contributed by atoms with Crippen LogP contribution < -0.4 is 16.1 Å². The van der Waals surface area contributed by atoms with E-state index in [4.69, 9.17) is 15.0 Å². The zero-order valence-corrected chi connectivity index (χ0v) is 22.9. The van der Waals surface area contributed by atoms with Crippen molar-refractivity contribution < 1.29 is 19.5 Å². The zero-order chi connectivity index (χ0) is 28.8. The molecule has 1 unspecified atom stereocenters. The van der Waals surface area contributed by atoms with Crippen molar-refractivity contribution in [2.45, 2.75) is 18.9 Å². The summed E-state index contributed by atoms with van der Waals surface area (Å²) in [5, 5.41) is 20.0. The average molecular weight is 556 g/mol. The van der Waals surface area contributed by atoms with E-state index in [1.54, 1.807) is 23.3 Å². The first-order valence-electron chi connectivity index (χ1n) is 13.4. The third-order valence-electron chi connectivity index (χ3n) is 7.28. The van der Waals surface area contributed by atoms with Crippen LogP contribution in [0.25, 0.3) is 16.9 Å². The van der Waals surface area contributed by atoms with E-state index in [9.17, 15) is 9.59 Å². The van der Waals surface area contributed by atoms with Gasteiger partial charge in [-0.05, 0) is 36.8 Å². The van der Waals surface area contributed by atoms with Gasteiger partial charge < -0.3 is 10.1 Å². The number of hydrogen-bond donors (Lipinski definition) is 4. The summed E-state index contributed by atoms with van der Waals surface area (Å²) in [6.45, 7) is 4.81. The highest BCUT2D eigenvalue weighted by Crippen LogP contribution is 2.31. The predicted octanol–water partition coefficient (Wildman–Crippen LogP) is 3.60. The quantitative estimate of drug-likeness (QED) is 0.183. The van der Waals surface area contributed by atoms with Crippen LogP contribution in [0.15, 0.2) is 79.0 Å². The molecule has 3 heterocycles. The smallest absolute Gasteiger partial charge is 0.320 e. The van der Waals surface area contributed by atoms with Crippen molar-refractivity contribution in [3.63, 3.8) is 0 Å². The molecular formula is C30H33N7O4. The van der Waals surface area contributed by atoms with Crippen molar-refractivity contribution in [3.05, 3.63) is 95.8 Å². The van der Waals surface area contributed by atoms with Gasteiger partial charge in [0.25, 0.3) is 5.91 Å². The van der Waals surface area contributed by atoms with Gasteiger partial charge in [0.2, 0.25) is 0 Å². The Morgan fingerprint density at radius 2 is 1.76 bits per heavy atom. The van der Waals surface area contributed by atoms with Crippen molar-refractivity contribution in [2.24, 2.45) is 0 Å². The second-order valence-electron chi connectivity index (χ2n) is 9.92. The number of para-hydroxylation sites is 1. The Morgan fingerprint density at radius 1 is 1.02 bits per heavy atom. The number of amides is 3. The lowest BCUT2D eigenvalue weighted by Gasteiger charge is -2.21. The van der Waals surface area contributed by atoms with Crippen molar-refractivity contribution in [1.29, 1.82) is 0 Å². The number of likely N-dealkylation sites (tertiary alicyclic amines) is 1. The lowest BCUT2D eigenvalue weighted by molar-refractivity contribution is 0.0701. The highest BCUT2D eigenvalue weighted by molar-refractivity contribution is 5.92. The molecule has 2 aromatic heterocycles. The molecule has 4 aromatic rings. The Bertz CT molecular complexity index is 1480. The molecule has 11 nitrogen and oxygen atoms in total. The zero-order valence-electron chi connectivity index (χ0n) is 22.9. The summed E-state index contributed by atoms with van der Waals surface area (Å²) in [4.78, 5) is 31.7. The number of pyridine rings is 1. The predicted molar refractivity (Wildman–Crippen MR) is 154 cm³/mol. The average Bonchev–Trinajstić information content (AvgIpc) is 3.56. The van der Waals surface area contributed by atoms with Gasteiger partial charge in [-0.1, -0.05) is 48.5 Å². The molecule has 0 aliphatic carbocycles. The van der Waals surface area contributed by atoms with E-state index in [0.29, 0.717) is 30.2 Å². The number of nitrogens with zero attached hydrogens (tertiary/aromatic N) is 4. The number of carbonyl (C=O) groups excluding carboxylic acids is 2. The molecule has 0 bridgehead atoms. The fourth-order valence-electron chi connectivity index (χ4n) is 5.18. The number of hydroxylamine groups is 1. The number of ether oxygens (including phenoxy) is 1. The van der Waals surface area contributed by atoms with E-state index in [0.717, 1.165) is 24.3 Å². The molecule has 0 saturated carbocycles. The summed E-state index contributed by atoms with van der Waals surface area (Å²) in [5.74, 6) is -0.0507. The maximum atomic E-state index is 13.5. The minimum absolute atomic E-state index is 0.0678. The third kappa shape index (κ3) is 6.27. The number of carbonyl (C=O) groups is 2. The van der Waals surface area contributed by atoms with Gasteiger partial charge in [0, 0.05) is 50.0 Å². The largest absolute Gasteiger partial charge is 0.383 e. The molecule has 4 N–H and O–H groups in total. The van der Waals surface area contributed by atoms with Crippen LogP contribution in [0.3, 0.4) is 0 Å². The third-order valence-corrected chi connectivity index (χ3v) is 7.28. The Balaban J connectivity index is 1.42. The second kappa shape index (κ2) is 12.7. The van der Waals surface area contributed by atoms with Crippen LogP contribution in [-0.2, 0) is 4.74 Å². The highest BCUT2D eigenvalue weighted by atomic mass is 16.5.